The minimum absolute atomic E-state index is 0.00721. The number of pyridine rings is 1. The molecule has 0 saturated heterocycles. The maximum atomic E-state index is 15.3. The van der Waals surface area contributed by atoms with Gasteiger partial charge in [-0.05, 0) is 36.1 Å². The van der Waals surface area contributed by atoms with Gasteiger partial charge in [0.05, 0.1) is 5.69 Å². The third-order valence-corrected chi connectivity index (χ3v) is 5.03. The Kier molecular flexibility index (Phi) is 6.87. The van der Waals surface area contributed by atoms with E-state index in [0.29, 0.717) is 35.9 Å². The number of anilines is 1. The lowest BCUT2D eigenvalue weighted by molar-refractivity contribution is 0.289. The first-order valence-electron chi connectivity index (χ1n) is 10.2. The quantitative estimate of drug-likeness (QED) is 0.308. The molecule has 0 amide bonds. The van der Waals surface area contributed by atoms with E-state index in [2.05, 4.69) is 4.98 Å². The zero-order chi connectivity index (χ0) is 22.3. The fraction of sp³-hybridized carbons (Fsp3) is 0.115. The van der Waals surface area contributed by atoms with Gasteiger partial charge in [0.2, 0.25) is 5.88 Å². The van der Waals surface area contributed by atoms with Crippen LogP contribution < -0.4 is 15.2 Å². The number of hydrogen-bond donors (Lipinski definition) is 1. The van der Waals surface area contributed by atoms with Gasteiger partial charge in [-0.15, -0.1) is 0 Å². The summed E-state index contributed by atoms with van der Waals surface area (Å²) in [5, 5.41) is 0.402. The average molecular weight is 449 g/mol. The number of halogens is 2. The Hall–Kier alpha value is -3.57. The number of nitrogens with two attached hydrogens (primary N) is 1. The zero-order valence-corrected chi connectivity index (χ0v) is 18.1. The monoisotopic (exact) mass is 448 g/mol. The maximum absolute atomic E-state index is 15.3. The topological polar surface area (TPSA) is 57.4 Å². The van der Waals surface area contributed by atoms with Crippen LogP contribution in [0.4, 0.5) is 10.1 Å². The number of nitrogens with zero attached hydrogens (tertiary/aromatic N) is 1. The Morgan fingerprint density at radius 2 is 1.53 bits per heavy atom. The summed E-state index contributed by atoms with van der Waals surface area (Å²) in [7, 11) is 0. The van der Waals surface area contributed by atoms with E-state index in [-0.39, 0.29) is 17.3 Å². The molecule has 0 bridgehead atoms. The second-order valence-corrected chi connectivity index (χ2v) is 7.74. The maximum Gasteiger partial charge on any atom is 0.217 e. The summed E-state index contributed by atoms with van der Waals surface area (Å²) in [4.78, 5) is 4.41. The van der Waals surface area contributed by atoms with E-state index in [1.807, 2.05) is 60.7 Å². The van der Waals surface area contributed by atoms with Crippen molar-refractivity contribution in [2.45, 2.75) is 19.4 Å². The van der Waals surface area contributed by atoms with E-state index in [0.717, 1.165) is 11.1 Å². The van der Waals surface area contributed by atoms with Crippen LogP contribution in [-0.4, -0.2) is 4.98 Å². The number of rotatable bonds is 8. The zero-order valence-electron chi connectivity index (χ0n) is 17.3. The Bertz CT molecular complexity index is 1170. The summed E-state index contributed by atoms with van der Waals surface area (Å²) in [5.41, 5.74) is 8.60. The second-order valence-electron chi connectivity index (χ2n) is 7.30. The molecular weight excluding hydrogens is 427 g/mol. The van der Waals surface area contributed by atoms with Gasteiger partial charge in [0, 0.05) is 22.8 Å². The largest absolute Gasteiger partial charge is 0.473 e. The molecule has 1 aromatic heterocycles. The molecule has 4 aromatic rings. The average Bonchev–Trinajstić information content (AvgIpc) is 2.79. The van der Waals surface area contributed by atoms with E-state index >= 15 is 4.39 Å². The number of hydrogen-bond acceptors (Lipinski definition) is 4. The van der Waals surface area contributed by atoms with E-state index in [9.17, 15) is 0 Å². The standard InChI is InChI=1S/C26H22ClFN2O2/c27-20-13-21(29)15-22(14-20)32-24-16-25(31-17-19-9-5-2-6-10-19)30-23(26(24)28)12-11-18-7-3-1-4-8-18/h1-10,13-16H,11-12,17,29H2. The van der Waals surface area contributed by atoms with Gasteiger partial charge >= 0.3 is 0 Å². The number of ether oxygens (including phenoxy) is 2. The molecular formula is C26H22ClFN2O2. The van der Waals surface area contributed by atoms with Crippen molar-refractivity contribution in [3.8, 4) is 17.4 Å². The molecule has 0 atom stereocenters. The Morgan fingerprint density at radius 3 is 2.22 bits per heavy atom. The molecule has 0 unspecified atom stereocenters. The Labute approximate surface area is 191 Å². The highest BCUT2D eigenvalue weighted by Gasteiger charge is 2.16. The first kappa shape index (κ1) is 21.7. The minimum Gasteiger partial charge on any atom is -0.473 e. The number of aromatic nitrogens is 1. The van der Waals surface area contributed by atoms with Crippen molar-refractivity contribution in [2.24, 2.45) is 0 Å². The van der Waals surface area contributed by atoms with Gasteiger partial charge < -0.3 is 15.2 Å². The normalized spacial score (nSPS) is 10.7. The van der Waals surface area contributed by atoms with Crippen LogP contribution >= 0.6 is 11.6 Å². The van der Waals surface area contributed by atoms with Crippen molar-refractivity contribution in [1.82, 2.24) is 4.98 Å². The van der Waals surface area contributed by atoms with E-state index in [4.69, 9.17) is 26.8 Å². The molecule has 3 aromatic carbocycles. The van der Waals surface area contributed by atoms with Crippen molar-refractivity contribution in [3.05, 3.63) is 113 Å². The van der Waals surface area contributed by atoms with Gasteiger partial charge in [-0.1, -0.05) is 72.3 Å². The number of benzene rings is 3. The summed E-state index contributed by atoms with van der Waals surface area (Å²) in [6, 6.07) is 25.8. The number of aryl methyl sites for hydroxylation is 2. The third-order valence-electron chi connectivity index (χ3n) is 4.81. The van der Waals surface area contributed by atoms with Crippen molar-refractivity contribution >= 4 is 17.3 Å². The van der Waals surface area contributed by atoms with Crippen molar-refractivity contribution in [2.75, 3.05) is 5.73 Å². The summed E-state index contributed by atoms with van der Waals surface area (Å²) < 4.78 is 27.0. The highest BCUT2D eigenvalue weighted by molar-refractivity contribution is 6.31. The third kappa shape index (κ3) is 5.77. The van der Waals surface area contributed by atoms with Crippen LogP contribution in [0, 0.1) is 5.82 Å². The van der Waals surface area contributed by atoms with E-state index in [1.165, 1.54) is 6.07 Å². The molecule has 2 N–H and O–H groups in total. The molecule has 0 fully saturated rings. The van der Waals surface area contributed by atoms with E-state index < -0.39 is 5.82 Å². The predicted octanol–water partition coefficient (Wildman–Crippen LogP) is 6.61. The summed E-state index contributed by atoms with van der Waals surface area (Å²) in [6.45, 7) is 0.307. The smallest absolute Gasteiger partial charge is 0.217 e. The molecule has 0 radical (unpaired) electrons. The van der Waals surface area contributed by atoms with Gasteiger partial charge in [0.25, 0.3) is 0 Å². The molecule has 4 rings (SSSR count). The predicted molar refractivity (Wildman–Crippen MR) is 125 cm³/mol. The van der Waals surface area contributed by atoms with Gasteiger partial charge in [-0.3, -0.25) is 0 Å². The second kappa shape index (κ2) is 10.2. The van der Waals surface area contributed by atoms with Gasteiger partial charge in [0.15, 0.2) is 11.6 Å². The first-order valence-corrected chi connectivity index (χ1v) is 10.6. The van der Waals surface area contributed by atoms with Gasteiger partial charge in [0.1, 0.15) is 12.4 Å². The minimum atomic E-state index is -0.536. The van der Waals surface area contributed by atoms with Crippen LogP contribution in [0.15, 0.2) is 84.9 Å². The van der Waals surface area contributed by atoms with Crippen molar-refractivity contribution < 1.29 is 13.9 Å². The fourth-order valence-electron chi connectivity index (χ4n) is 3.26. The highest BCUT2D eigenvalue weighted by Crippen LogP contribution is 2.32. The molecule has 32 heavy (non-hydrogen) atoms. The fourth-order valence-corrected chi connectivity index (χ4v) is 3.49. The van der Waals surface area contributed by atoms with Crippen LogP contribution in [0.2, 0.25) is 5.02 Å². The van der Waals surface area contributed by atoms with Gasteiger partial charge in [-0.25, -0.2) is 9.37 Å². The van der Waals surface area contributed by atoms with Crippen molar-refractivity contribution in [3.63, 3.8) is 0 Å². The van der Waals surface area contributed by atoms with Crippen LogP contribution in [0.3, 0.4) is 0 Å². The lowest BCUT2D eigenvalue weighted by Gasteiger charge is -2.14. The molecule has 0 saturated carbocycles. The summed E-state index contributed by atoms with van der Waals surface area (Å²) in [5.74, 6) is 0.0887. The molecule has 0 aliphatic rings. The molecule has 0 aliphatic carbocycles. The molecule has 1 heterocycles. The lowest BCUT2D eigenvalue weighted by Crippen LogP contribution is -2.05. The molecule has 6 heteroatoms. The SMILES string of the molecule is Nc1cc(Cl)cc(Oc2cc(OCc3ccccc3)nc(CCc3ccccc3)c2F)c1. The van der Waals surface area contributed by atoms with Gasteiger partial charge in [-0.2, -0.15) is 0 Å². The van der Waals surface area contributed by atoms with Crippen LogP contribution in [0.1, 0.15) is 16.8 Å². The highest BCUT2D eigenvalue weighted by atomic mass is 35.5. The molecule has 4 nitrogen and oxygen atoms in total. The molecule has 0 spiro atoms. The molecule has 0 aliphatic heterocycles. The van der Waals surface area contributed by atoms with Crippen LogP contribution in [0.25, 0.3) is 0 Å². The number of nitrogen functional groups attached to an aromatic ring is 1. The van der Waals surface area contributed by atoms with Crippen LogP contribution in [0.5, 0.6) is 17.4 Å². The Balaban J connectivity index is 1.61. The summed E-state index contributed by atoms with van der Waals surface area (Å²) in [6.07, 6.45) is 1.03. The van der Waals surface area contributed by atoms with Crippen molar-refractivity contribution in [1.29, 1.82) is 0 Å². The Morgan fingerprint density at radius 1 is 0.844 bits per heavy atom. The first-order chi connectivity index (χ1) is 15.6. The summed E-state index contributed by atoms with van der Waals surface area (Å²) >= 11 is 6.06. The van der Waals surface area contributed by atoms with Crippen LogP contribution in [-0.2, 0) is 19.4 Å². The molecule has 162 valence electrons. The van der Waals surface area contributed by atoms with E-state index in [1.54, 1.807) is 18.2 Å². The lowest BCUT2D eigenvalue weighted by atomic mass is 10.1.